The van der Waals surface area contributed by atoms with E-state index >= 15 is 0 Å². The Hall–Kier alpha value is -2.12. The molecular formula is C24H35N3O4. The zero-order chi connectivity index (χ0) is 21.6. The molecule has 0 spiro atoms. The molecule has 7 nitrogen and oxygen atoms in total. The Morgan fingerprint density at radius 3 is 2.45 bits per heavy atom. The van der Waals surface area contributed by atoms with Crippen LogP contribution in [-0.4, -0.2) is 91.6 Å². The van der Waals surface area contributed by atoms with Crippen LogP contribution in [0.1, 0.15) is 31.2 Å². The SMILES string of the molecule is Cc1ccc(OC2CCN(C(=O)[C@H]3CCC(=O)N(CCN4CCOCC4)C3)CC2)cc1. The summed E-state index contributed by atoms with van der Waals surface area (Å²) < 4.78 is 11.5. The molecule has 0 saturated carbocycles. The van der Waals surface area contributed by atoms with Gasteiger partial charge in [0.1, 0.15) is 11.9 Å². The smallest absolute Gasteiger partial charge is 0.227 e. The normalized spacial score (nSPS) is 23.8. The molecule has 3 heterocycles. The highest BCUT2D eigenvalue weighted by Gasteiger charge is 2.34. The largest absolute Gasteiger partial charge is 0.490 e. The predicted octanol–water partition coefficient (Wildman–Crippen LogP) is 1.94. The lowest BCUT2D eigenvalue weighted by atomic mass is 9.94. The molecule has 0 aromatic heterocycles. The van der Waals surface area contributed by atoms with E-state index in [9.17, 15) is 9.59 Å². The number of amides is 2. The number of carbonyl (C=O) groups excluding carboxylic acids is 2. The molecule has 170 valence electrons. The highest BCUT2D eigenvalue weighted by molar-refractivity contribution is 5.84. The lowest BCUT2D eigenvalue weighted by Crippen LogP contribution is -2.51. The van der Waals surface area contributed by atoms with Gasteiger partial charge in [0.15, 0.2) is 0 Å². The van der Waals surface area contributed by atoms with Crippen LogP contribution in [-0.2, 0) is 14.3 Å². The molecule has 0 unspecified atom stereocenters. The number of likely N-dealkylation sites (tertiary alicyclic amines) is 2. The van der Waals surface area contributed by atoms with Crippen LogP contribution in [0, 0.1) is 12.8 Å². The second kappa shape index (κ2) is 10.5. The van der Waals surface area contributed by atoms with Gasteiger partial charge in [-0.25, -0.2) is 0 Å². The molecule has 0 radical (unpaired) electrons. The molecule has 3 aliphatic rings. The third-order valence-electron chi connectivity index (χ3n) is 6.72. The summed E-state index contributed by atoms with van der Waals surface area (Å²) in [5, 5.41) is 0. The summed E-state index contributed by atoms with van der Waals surface area (Å²) >= 11 is 0. The molecule has 1 atom stereocenters. The van der Waals surface area contributed by atoms with Crippen molar-refractivity contribution in [3.8, 4) is 5.75 Å². The Balaban J connectivity index is 1.23. The van der Waals surface area contributed by atoms with Crippen molar-refractivity contribution in [2.75, 3.05) is 59.0 Å². The second-order valence-electron chi connectivity index (χ2n) is 8.98. The average Bonchev–Trinajstić information content (AvgIpc) is 2.81. The van der Waals surface area contributed by atoms with Crippen LogP contribution in [0.25, 0.3) is 0 Å². The van der Waals surface area contributed by atoms with Gasteiger partial charge in [-0.15, -0.1) is 0 Å². The number of carbonyl (C=O) groups is 2. The van der Waals surface area contributed by atoms with Crippen molar-refractivity contribution >= 4 is 11.8 Å². The Kier molecular flexibility index (Phi) is 7.45. The molecule has 1 aromatic carbocycles. The number of piperidine rings is 2. The first-order chi connectivity index (χ1) is 15.1. The summed E-state index contributed by atoms with van der Waals surface area (Å²) in [6.07, 6.45) is 3.01. The standard InChI is InChI=1S/C24H35N3O4/c1-19-2-5-21(6-3-19)31-22-8-10-26(11-9-22)24(29)20-4-7-23(28)27(18-20)13-12-25-14-16-30-17-15-25/h2-3,5-6,20,22H,4,7-18H2,1H3/t20-/m0/s1. The van der Waals surface area contributed by atoms with Crippen LogP contribution in [0.2, 0.25) is 0 Å². The first kappa shape index (κ1) is 22.1. The molecule has 31 heavy (non-hydrogen) atoms. The van der Waals surface area contributed by atoms with E-state index in [-0.39, 0.29) is 23.8 Å². The molecule has 4 rings (SSSR count). The molecule has 1 aromatic rings. The quantitative estimate of drug-likeness (QED) is 0.692. The summed E-state index contributed by atoms with van der Waals surface area (Å²) in [5.74, 6) is 1.22. The van der Waals surface area contributed by atoms with Crippen molar-refractivity contribution in [3.63, 3.8) is 0 Å². The second-order valence-corrected chi connectivity index (χ2v) is 8.98. The lowest BCUT2D eigenvalue weighted by Gasteiger charge is -2.38. The van der Waals surface area contributed by atoms with E-state index in [0.717, 1.165) is 64.5 Å². The van der Waals surface area contributed by atoms with Gasteiger partial charge in [-0.1, -0.05) is 17.7 Å². The van der Waals surface area contributed by atoms with E-state index in [0.29, 0.717) is 25.9 Å². The number of hydrogen-bond acceptors (Lipinski definition) is 5. The third-order valence-corrected chi connectivity index (χ3v) is 6.72. The fourth-order valence-corrected chi connectivity index (χ4v) is 4.68. The first-order valence-corrected chi connectivity index (χ1v) is 11.7. The highest BCUT2D eigenvalue weighted by Crippen LogP contribution is 2.24. The minimum absolute atomic E-state index is 0.0723. The number of nitrogens with zero attached hydrogens (tertiary/aromatic N) is 3. The molecule has 0 bridgehead atoms. The van der Waals surface area contributed by atoms with Crippen LogP contribution in [0.4, 0.5) is 0 Å². The van der Waals surface area contributed by atoms with Crippen LogP contribution in [0.5, 0.6) is 5.75 Å². The van der Waals surface area contributed by atoms with Crippen LogP contribution in [0.15, 0.2) is 24.3 Å². The lowest BCUT2D eigenvalue weighted by molar-refractivity contribution is -0.144. The number of hydrogen-bond donors (Lipinski definition) is 0. The van der Waals surface area contributed by atoms with Gasteiger partial charge in [-0.3, -0.25) is 14.5 Å². The number of rotatable bonds is 6. The van der Waals surface area contributed by atoms with Crippen molar-refractivity contribution in [1.29, 1.82) is 0 Å². The zero-order valence-corrected chi connectivity index (χ0v) is 18.6. The minimum atomic E-state index is -0.0723. The zero-order valence-electron chi connectivity index (χ0n) is 18.6. The monoisotopic (exact) mass is 429 g/mol. The van der Waals surface area contributed by atoms with Gasteiger partial charge < -0.3 is 19.3 Å². The van der Waals surface area contributed by atoms with Gasteiger partial charge in [0, 0.05) is 65.1 Å². The Bertz CT molecular complexity index is 740. The van der Waals surface area contributed by atoms with Crippen LogP contribution >= 0.6 is 0 Å². The third kappa shape index (κ3) is 5.98. The maximum absolute atomic E-state index is 13.1. The topological polar surface area (TPSA) is 62.3 Å². The number of benzene rings is 1. The number of ether oxygens (including phenoxy) is 2. The molecule has 7 heteroatoms. The fourth-order valence-electron chi connectivity index (χ4n) is 4.68. The van der Waals surface area contributed by atoms with Crippen LogP contribution in [0.3, 0.4) is 0 Å². The van der Waals surface area contributed by atoms with Crippen molar-refractivity contribution < 1.29 is 19.1 Å². The van der Waals surface area contributed by atoms with Gasteiger partial charge >= 0.3 is 0 Å². The average molecular weight is 430 g/mol. The molecule has 3 saturated heterocycles. The summed E-state index contributed by atoms with van der Waals surface area (Å²) in [6.45, 7) is 9.01. The van der Waals surface area contributed by atoms with E-state index < -0.39 is 0 Å². The maximum Gasteiger partial charge on any atom is 0.227 e. The molecule has 0 aliphatic carbocycles. The van der Waals surface area contributed by atoms with E-state index in [4.69, 9.17) is 9.47 Å². The minimum Gasteiger partial charge on any atom is -0.490 e. The van der Waals surface area contributed by atoms with Crippen LogP contribution < -0.4 is 4.74 Å². The maximum atomic E-state index is 13.1. The van der Waals surface area contributed by atoms with Gasteiger partial charge in [0.05, 0.1) is 19.1 Å². The van der Waals surface area contributed by atoms with Crippen molar-refractivity contribution in [2.24, 2.45) is 5.92 Å². The van der Waals surface area contributed by atoms with E-state index in [2.05, 4.69) is 24.0 Å². The molecular weight excluding hydrogens is 394 g/mol. The first-order valence-electron chi connectivity index (χ1n) is 11.7. The molecule has 0 N–H and O–H groups in total. The Morgan fingerprint density at radius 2 is 1.74 bits per heavy atom. The van der Waals surface area contributed by atoms with Crippen molar-refractivity contribution in [1.82, 2.24) is 14.7 Å². The van der Waals surface area contributed by atoms with Gasteiger partial charge in [-0.2, -0.15) is 0 Å². The van der Waals surface area contributed by atoms with Crippen molar-refractivity contribution in [2.45, 2.75) is 38.7 Å². The van der Waals surface area contributed by atoms with E-state index in [1.165, 1.54) is 5.56 Å². The van der Waals surface area contributed by atoms with Gasteiger partial charge in [0.2, 0.25) is 11.8 Å². The Morgan fingerprint density at radius 1 is 1.03 bits per heavy atom. The number of morpholine rings is 1. The summed E-state index contributed by atoms with van der Waals surface area (Å²) in [7, 11) is 0. The van der Waals surface area contributed by atoms with E-state index in [1.54, 1.807) is 0 Å². The highest BCUT2D eigenvalue weighted by atomic mass is 16.5. The Labute approximate surface area is 185 Å². The van der Waals surface area contributed by atoms with Crippen molar-refractivity contribution in [3.05, 3.63) is 29.8 Å². The fraction of sp³-hybridized carbons (Fsp3) is 0.667. The molecule has 3 fully saturated rings. The van der Waals surface area contributed by atoms with E-state index in [1.807, 2.05) is 21.9 Å². The molecule has 3 aliphatic heterocycles. The summed E-state index contributed by atoms with van der Waals surface area (Å²) in [6, 6.07) is 8.14. The van der Waals surface area contributed by atoms with Gasteiger partial charge in [-0.05, 0) is 25.5 Å². The van der Waals surface area contributed by atoms with Gasteiger partial charge in [0.25, 0.3) is 0 Å². The molecule has 2 amide bonds. The summed E-state index contributed by atoms with van der Waals surface area (Å²) in [5.41, 5.74) is 1.22. The number of aryl methyl sites for hydroxylation is 1. The summed E-state index contributed by atoms with van der Waals surface area (Å²) in [4.78, 5) is 31.7. The predicted molar refractivity (Wildman–Crippen MR) is 118 cm³/mol.